The molecular formula is C23H24ClFN2O4. The topological polar surface area (TPSA) is 63.0 Å². The van der Waals surface area contributed by atoms with Gasteiger partial charge >= 0.3 is 11.7 Å². The van der Waals surface area contributed by atoms with E-state index in [0.717, 1.165) is 5.56 Å². The maximum absolute atomic E-state index is 14.8. The molecule has 3 rings (SSSR count). The van der Waals surface area contributed by atoms with Crippen molar-refractivity contribution in [2.24, 2.45) is 0 Å². The largest absolute Gasteiger partial charge is 0.422 e. The fraction of sp³-hybridized carbons (Fsp3) is 0.304. The minimum Gasteiger partial charge on any atom is -0.422 e. The van der Waals surface area contributed by atoms with Crippen molar-refractivity contribution < 1.29 is 18.3 Å². The molecule has 31 heavy (non-hydrogen) atoms. The highest BCUT2D eigenvalue weighted by Crippen LogP contribution is 2.28. The molecule has 6 nitrogen and oxygen atoms in total. The van der Waals surface area contributed by atoms with Crippen molar-refractivity contribution >= 4 is 28.7 Å². The van der Waals surface area contributed by atoms with Gasteiger partial charge in [-0.3, -0.25) is 0 Å². The number of carbonyl (C=O) groups is 1. The predicted octanol–water partition coefficient (Wildman–Crippen LogP) is 4.38. The fourth-order valence-corrected chi connectivity index (χ4v) is 3.48. The van der Waals surface area contributed by atoms with Crippen LogP contribution in [-0.4, -0.2) is 44.1 Å². The van der Waals surface area contributed by atoms with Crippen LogP contribution in [0.25, 0.3) is 11.0 Å². The molecule has 1 heterocycles. The van der Waals surface area contributed by atoms with E-state index in [4.69, 9.17) is 20.8 Å². The van der Waals surface area contributed by atoms with Crippen LogP contribution in [0.1, 0.15) is 22.3 Å². The molecule has 0 atom stereocenters. The monoisotopic (exact) mass is 446 g/mol. The Morgan fingerprint density at radius 1 is 1.10 bits per heavy atom. The van der Waals surface area contributed by atoms with Gasteiger partial charge in [0.15, 0.2) is 0 Å². The predicted molar refractivity (Wildman–Crippen MR) is 118 cm³/mol. The van der Waals surface area contributed by atoms with E-state index in [1.807, 2.05) is 19.0 Å². The summed E-state index contributed by atoms with van der Waals surface area (Å²) in [6.45, 7) is 0.449. The highest BCUT2D eigenvalue weighted by molar-refractivity contribution is 6.17. The second-order valence-corrected chi connectivity index (χ2v) is 7.97. The zero-order valence-electron chi connectivity index (χ0n) is 17.9. The molecule has 2 aromatic carbocycles. The van der Waals surface area contributed by atoms with Crippen LogP contribution in [-0.2, 0) is 18.8 Å². The van der Waals surface area contributed by atoms with E-state index in [1.54, 1.807) is 44.4 Å². The van der Waals surface area contributed by atoms with Crippen LogP contribution in [0, 0.1) is 5.82 Å². The summed E-state index contributed by atoms with van der Waals surface area (Å²) in [5, 5.41) is 0.696. The van der Waals surface area contributed by atoms with Crippen molar-refractivity contribution in [3.8, 4) is 5.75 Å². The van der Waals surface area contributed by atoms with Crippen LogP contribution in [0.3, 0.4) is 0 Å². The Morgan fingerprint density at radius 2 is 1.81 bits per heavy atom. The van der Waals surface area contributed by atoms with E-state index >= 15 is 0 Å². The lowest BCUT2D eigenvalue weighted by Crippen LogP contribution is -2.25. The van der Waals surface area contributed by atoms with Crippen LogP contribution in [0.4, 0.5) is 9.18 Å². The van der Waals surface area contributed by atoms with E-state index < -0.39 is 17.5 Å². The van der Waals surface area contributed by atoms with Gasteiger partial charge in [0.1, 0.15) is 17.1 Å². The number of nitrogens with zero attached hydrogens (tertiary/aromatic N) is 2. The standard InChI is InChI=1S/C23H24ClFN2O4/c1-26(2)13-19-17-9-8-16(30-23(29)27(3)4)11-20(17)31-22(28)18(19)10-14-6-5-7-15(12-24)21(14)25/h5-9,11H,10,12-13H2,1-4H3. The molecule has 0 aliphatic rings. The molecule has 164 valence electrons. The number of benzene rings is 2. The van der Waals surface area contributed by atoms with Gasteiger partial charge in [-0.1, -0.05) is 18.2 Å². The molecule has 0 aliphatic carbocycles. The van der Waals surface area contributed by atoms with Crippen LogP contribution < -0.4 is 10.4 Å². The van der Waals surface area contributed by atoms with Gasteiger partial charge in [0.2, 0.25) is 0 Å². The smallest absolute Gasteiger partial charge is 0.414 e. The second-order valence-electron chi connectivity index (χ2n) is 7.71. The molecule has 0 aliphatic heterocycles. The molecule has 0 saturated carbocycles. The first-order chi connectivity index (χ1) is 14.7. The Morgan fingerprint density at radius 3 is 2.45 bits per heavy atom. The molecule has 1 aromatic heterocycles. The number of hydrogen-bond donors (Lipinski definition) is 0. The summed E-state index contributed by atoms with van der Waals surface area (Å²) in [4.78, 5) is 27.9. The van der Waals surface area contributed by atoms with Gasteiger partial charge in [-0.2, -0.15) is 0 Å². The molecule has 8 heteroatoms. The van der Waals surface area contributed by atoms with Gasteiger partial charge in [0, 0.05) is 49.6 Å². The first-order valence-electron chi connectivity index (χ1n) is 9.66. The molecule has 0 bridgehead atoms. The first-order valence-corrected chi connectivity index (χ1v) is 10.2. The molecule has 0 spiro atoms. The first kappa shape index (κ1) is 22.8. The van der Waals surface area contributed by atoms with Crippen molar-refractivity contribution in [1.82, 2.24) is 9.80 Å². The van der Waals surface area contributed by atoms with Crippen molar-refractivity contribution in [3.05, 3.63) is 74.9 Å². The van der Waals surface area contributed by atoms with Crippen LogP contribution in [0.5, 0.6) is 5.75 Å². The van der Waals surface area contributed by atoms with E-state index in [-0.39, 0.29) is 18.1 Å². The average Bonchev–Trinajstić information content (AvgIpc) is 2.71. The lowest BCUT2D eigenvalue weighted by molar-refractivity contribution is 0.172. The SMILES string of the molecule is CN(C)Cc1c(Cc2cccc(CCl)c2F)c(=O)oc2cc(OC(=O)N(C)C)ccc12. The number of ether oxygens (including phenoxy) is 1. The lowest BCUT2D eigenvalue weighted by atomic mass is 9.97. The molecule has 3 aromatic rings. The Hall–Kier alpha value is -2.90. The van der Waals surface area contributed by atoms with Crippen molar-refractivity contribution in [2.75, 3.05) is 28.2 Å². The molecule has 0 N–H and O–H groups in total. The average molecular weight is 447 g/mol. The summed E-state index contributed by atoms with van der Waals surface area (Å²) in [7, 11) is 6.91. The van der Waals surface area contributed by atoms with Crippen molar-refractivity contribution in [2.45, 2.75) is 18.8 Å². The summed E-state index contributed by atoms with van der Waals surface area (Å²) in [6.07, 6.45) is -0.462. The number of carbonyl (C=O) groups excluding carboxylic acids is 1. The third-order valence-corrected chi connectivity index (χ3v) is 5.09. The van der Waals surface area contributed by atoms with Gasteiger partial charge < -0.3 is 19.0 Å². The van der Waals surface area contributed by atoms with Gasteiger partial charge in [-0.15, -0.1) is 11.6 Å². The molecule has 0 radical (unpaired) electrons. The van der Waals surface area contributed by atoms with E-state index in [0.29, 0.717) is 34.2 Å². The normalized spacial score (nSPS) is 11.2. The summed E-state index contributed by atoms with van der Waals surface area (Å²) >= 11 is 5.82. The van der Waals surface area contributed by atoms with Crippen LogP contribution in [0.2, 0.25) is 0 Å². The van der Waals surface area contributed by atoms with E-state index in [2.05, 4.69) is 0 Å². The van der Waals surface area contributed by atoms with E-state index in [1.165, 1.54) is 11.0 Å². The van der Waals surface area contributed by atoms with Gasteiger partial charge in [-0.05, 0) is 37.4 Å². The number of alkyl halides is 1. The van der Waals surface area contributed by atoms with Gasteiger partial charge in [0.05, 0.1) is 5.88 Å². The third kappa shape index (κ3) is 5.06. The Balaban J connectivity index is 2.12. The fourth-order valence-electron chi connectivity index (χ4n) is 3.28. The molecular weight excluding hydrogens is 423 g/mol. The minimum absolute atomic E-state index is 0.0466. The molecule has 0 saturated heterocycles. The maximum Gasteiger partial charge on any atom is 0.414 e. The maximum atomic E-state index is 14.8. The third-order valence-electron chi connectivity index (χ3n) is 4.81. The molecule has 0 unspecified atom stereocenters. The molecule has 1 amide bonds. The zero-order chi connectivity index (χ0) is 22.7. The van der Waals surface area contributed by atoms with Gasteiger partial charge in [0.25, 0.3) is 0 Å². The minimum atomic E-state index is -0.559. The quantitative estimate of drug-likeness (QED) is 0.415. The Labute approximate surface area is 184 Å². The number of rotatable bonds is 6. The summed E-state index contributed by atoms with van der Waals surface area (Å²) in [6, 6.07) is 9.86. The van der Waals surface area contributed by atoms with Crippen molar-refractivity contribution in [3.63, 3.8) is 0 Å². The summed E-state index contributed by atoms with van der Waals surface area (Å²) in [5.74, 6) is -0.108. The number of fused-ring (bicyclic) bond motifs is 1. The summed E-state index contributed by atoms with van der Waals surface area (Å²) < 4.78 is 25.6. The van der Waals surface area contributed by atoms with E-state index in [9.17, 15) is 14.0 Å². The number of hydrogen-bond acceptors (Lipinski definition) is 5. The number of amides is 1. The van der Waals surface area contributed by atoms with Gasteiger partial charge in [-0.25, -0.2) is 14.0 Å². The second kappa shape index (κ2) is 9.49. The number of halogens is 2. The highest BCUT2D eigenvalue weighted by Gasteiger charge is 2.19. The summed E-state index contributed by atoms with van der Waals surface area (Å²) in [5.41, 5.74) is 1.61. The highest BCUT2D eigenvalue weighted by atomic mass is 35.5. The van der Waals surface area contributed by atoms with Crippen LogP contribution in [0.15, 0.2) is 45.6 Å². The Bertz CT molecular complexity index is 1170. The van der Waals surface area contributed by atoms with Crippen LogP contribution >= 0.6 is 11.6 Å². The van der Waals surface area contributed by atoms with Crippen molar-refractivity contribution in [1.29, 1.82) is 0 Å². The zero-order valence-corrected chi connectivity index (χ0v) is 18.6. The Kier molecular flexibility index (Phi) is 6.97. The lowest BCUT2D eigenvalue weighted by Gasteiger charge is -2.17. The molecule has 0 fully saturated rings.